The number of hydrogen-bond donors (Lipinski definition) is 4. The van der Waals surface area contributed by atoms with Gasteiger partial charge in [-0.25, -0.2) is 4.79 Å². The average molecular weight is 252 g/mol. The van der Waals surface area contributed by atoms with E-state index in [2.05, 4.69) is 10.3 Å². The van der Waals surface area contributed by atoms with Crippen molar-refractivity contribution in [2.75, 3.05) is 6.54 Å². The predicted molar refractivity (Wildman–Crippen MR) is 65.4 cm³/mol. The molecule has 0 aromatic carbocycles. The van der Waals surface area contributed by atoms with Crippen LogP contribution in [0, 0.1) is 0 Å². The zero-order valence-corrected chi connectivity index (χ0v) is 9.91. The zero-order valence-electron chi connectivity index (χ0n) is 9.91. The van der Waals surface area contributed by atoms with Gasteiger partial charge in [-0.15, -0.1) is 0 Å². The monoisotopic (exact) mass is 252 g/mol. The Morgan fingerprint density at radius 2 is 2.00 bits per heavy atom. The van der Waals surface area contributed by atoms with Crippen molar-refractivity contribution in [2.24, 2.45) is 5.73 Å². The molecule has 1 saturated carbocycles. The Hall–Kier alpha value is -1.89. The number of aromatic nitrogens is 2. The van der Waals surface area contributed by atoms with Crippen LogP contribution in [0.15, 0.2) is 15.7 Å². The lowest BCUT2D eigenvalue weighted by atomic mass is 9.97. The molecule has 0 atom stereocenters. The summed E-state index contributed by atoms with van der Waals surface area (Å²) in [6.07, 6.45) is 3.68. The lowest BCUT2D eigenvalue weighted by Crippen LogP contribution is -2.52. The lowest BCUT2D eigenvalue weighted by Gasteiger charge is -2.28. The van der Waals surface area contributed by atoms with Crippen LogP contribution in [-0.4, -0.2) is 28.0 Å². The summed E-state index contributed by atoms with van der Waals surface area (Å²) in [5, 5.41) is 2.83. The van der Waals surface area contributed by atoms with Gasteiger partial charge < -0.3 is 16.0 Å². The lowest BCUT2D eigenvalue weighted by molar-refractivity contribution is 0.0897. The van der Waals surface area contributed by atoms with Crippen molar-refractivity contribution in [3.05, 3.63) is 32.6 Å². The fourth-order valence-electron chi connectivity index (χ4n) is 2.33. The Bertz CT molecular complexity index is 526. The molecule has 5 N–H and O–H groups in total. The van der Waals surface area contributed by atoms with Gasteiger partial charge in [-0.1, -0.05) is 12.8 Å². The van der Waals surface area contributed by atoms with E-state index >= 15 is 0 Å². The summed E-state index contributed by atoms with van der Waals surface area (Å²) in [4.78, 5) is 38.5. The maximum absolute atomic E-state index is 12.0. The first-order valence-electron chi connectivity index (χ1n) is 5.91. The number of nitrogens with two attached hydrogens (primary N) is 1. The van der Waals surface area contributed by atoms with E-state index in [9.17, 15) is 14.4 Å². The maximum Gasteiger partial charge on any atom is 0.326 e. The molecule has 18 heavy (non-hydrogen) atoms. The van der Waals surface area contributed by atoms with Crippen molar-refractivity contribution in [3.63, 3.8) is 0 Å². The highest BCUT2D eigenvalue weighted by molar-refractivity contribution is 5.92. The van der Waals surface area contributed by atoms with E-state index < -0.39 is 22.7 Å². The highest BCUT2D eigenvalue weighted by Crippen LogP contribution is 2.28. The summed E-state index contributed by atoms with van der Waals surface area (Å²) in [5.41, 5.74) is 3.96. The van der Waals surface area contributed by atoms with Crippen LogP contribution >= 0.6 is 0 Å². The topological polar surface area (TPSA) is 121 Å². The molecule has 2 rings (SSSR count). The van der Waals surface area contributed by atoms with Gasteiger partial charge in [0.25, 0.3) is 11.5 Å². The molecule has 7 nitrogen and oxygen atoms in total. The van der Waals surface area contributed by atoms with Crippen LogP contribution in [0.3, 0.4) is 0 Å². The predicted octanol–water partition coefficient (Wildman–Crippen LogP) is -0.936. The SMILES string of the molecule is NCC1(NC(=O)c2cc(=O)[nH]c(=O)[nH]2)CCCC1. The van der Waals surface area contributed by atoms with Crippen molar-refractivity contribution in [1.82, 2.24) is 15.3 Å². The number of nitrogens with one attached hydrogen (secondary N) is 3. The standard InChI is InChI=1S/C11H16N4O3/c12-6-11(3-1-2-4-11)15-9(17)7-5-8(16)14-10(18)13-7/h5H,1-4,6,12H2,(H,15,17)(H2,13,14,16,18). The molecule has 0 aliphatic heterocycles. The molecule has 1 aromatic rings. The van der Waals surface area contributed by atoms with Crippen LogP contribution in [0.4, 0.5) is 0 Å². The summed E-state index contributed by atoms with van der Waals surface area (Å²) in [5.74, 6) is -0.467. The van der Waals surface area contributed by atoms with Crippen molar-refractivity contribution < 1.29 is 4.79 Å². The summed E-state index contributed by atoms with van der Waals surface area (Å²) in [7, 11) is 0. The van der Waals surface area contributed by atoms with E-state index in [-0.39, 0.29) is 5.69 Å². The molecule has 1 aromatic heterocycles. The third kappa shape index (κ3) is 2.51. The minimum atomic E-state index is -0.694. The highest BCUT2D eigenvalue weighted by Gasteiger charge is 2.34. The Morgan fingerprint density at radius 3 is 2.56 bits per heavy atom. The molecule has 1 fully saturated rings. The molecule has 1 amide bonds. The van der Waals surface area contributed by atoms with E-state index in [4.69, 9.17) is 5.73 Å². The molecule has 0 unspecified atom stereocenters. The van der Waals surface area contributed by atoms with Crippen LogP contribution in [0.5, 0.6) is 0 Å². The maximum atomic E-state index is 12.0. The molecule has 0 spiro atoms. The number of H-pyrrole nitrogens is 2. The second kappa shape index (κ2) is 4.77. The Balaban J connectivity index is 2.21. The van der Waals surface area contributed by atoms with Crippen LogP contribution in [0.25, 0.3) is 0 Å². The number of carbonyl (C=O) groups is 1. The first kappa shape index (κ1) is 12.6. The minimum Gasteiger partial charge on any atom is -0.344 e. The third-order valence-corrected chi connectivity index (χ3v) is 3.34. The first-order chi connectivity index (χ1) is 8.54. The van der Waals surface area contributed by atoms with E-state index in [0.29, 0.717) is 6.54 Å². The first-order valence-corrected chi connectivity index (χ1v) is 5.91. The van der Waals surface area contributed by atoms with Crippen LogP contribution in [0.2, 0.25) is 0 Å². The minimum absolute atomic E-state index is 0.0384. The van der Waals surface area contributed by atoms with E-state index in [0.717, 1.165) is 31.7 Å². The van der Waals surface area contributed by atoms with Crippen LogP contribution in [0.1, 0.15) is 36.2 Å². The van der Waals surface area contributed by atoms with Crippen LogP contribution in [-0.2, 0) is 0 Å². The van der Waals surface area contributed by atoms with Gasteiger partial charge in [-0.2, -0.15) is 0 Å². The molecule has 98 valence electrons. The number of hydrogen-bond acceptors (Lipinski definition) is 4. The van der Waals surface area contributed by atoms with Crippen molar-refractivity contribution in [3.8, 4) is 0 Å². The summed E-state index contributed by atoms with van der Waals surface area (Å²) in [6.45, 7) is 0.353. The van der Waals surface area contributed by atoms with E-state index in [1.54, 1.807) is 0 Å². The number of rotatable bonds is 3. The van der Waals surface area contributed by atoms with Gasteiger partial charge >= 0.3 is 5.69 Å². The van der Waals surface area contributed by atoms with Gasteiger partial charge in [0, 0.05) is 12.6 Å². The van der Waals surface area contributed by atoms with Gasteiger partial charge in [0.05, 0.1) is 5.54 Å². The average Bonchev–Trinajstić information content (AvgIpc) is 2.77. The second-order valence-corrected chi connectivity index (χ2v) is 4.65. The third-order valence-electron chi connectivity index (χ3n) is 3.34. The molecule has 1 heterocycles. The largest absolute Gasteiger partial charge is 0.344 e. The van der Waals surface area contributed by atoms with Gasteiger partial charge in [0.15, 0.2) is 0 Å². The Labute approximate surface area is 103 Å². The zero-order chi connectivity index (χ0) is 13.2. The molecule has 0 radical (unpaired) electrons. The number of aromatic amines is 2. The summed E-state index contributed by atoms with van der Waals surface area (Å²) in [6, 6.07) is 1.07. The fraction of sp³-hybridized carbons (Fsp3) is 0.545. The van der Waals surface area contributed by atoms with Gasteiger partial charge in [-0.3, -0.25) is 14.6 Å². The normalized spacial score (nSPS) is 17.6. The van der Waals surface area contributed by atoms with Crippen LogP contribution < -0.4 is 22.3 Å². The molecule has 7 heteroatoms. The van der Waals surface area contributed by atoms with E-state index in [1.165, 1.54) is 0 Å². The quantitative estimate of drug-likeness (QED) is 0.555. The van der Waals surface area contributed by atoms with E-state index in [1.807, 2.05) is 4.98 Å². The smallest absolute Gasteiger partial charge is 0.326 e. The summed E-state index contributed by atoms with van der Waals surface area (Å²) < 4.78 is 0. The molecule has 0 bridgehead atoms. The second-order valence-electron chi connectivity index (χ2n) is 4.65. The molecule has 0 saturated heterocycles. The van der Waals surface area contributed by atoms with Gasteiger partial charge in [-0.05, 0) is 12.8 Å². The fourth-order valence-corrected chi connectivity index (χ4v) is 2.33. The van der Waals surface area contributed by atoms with Crippen molar-refractivity contribution in [2.45, 2.75) is 31.2 Å². The Kier molecular flexibility index (Phi) is 3.33. The highest BCUT2D eigenvalue weighted by atomic mass is 16.2. The Morgan fingerprint density at radius 1 is 1.33 bits per heavy atom. The molecular weight excluding hydrogens is 236 g/mol. The summed E-state index contributed by atoms with van der Waals surface area (Å²) >= 11 is 0. The molecule has 1 aliphatic rings. The molecular formula is C11H16N4O3. The van der Waals surface area contributed by atoms with Crippen molar-refractivity contribution >= 4 is 5.91 Å². The number of carbonyl (C=O) groups excluding carboxylic acids is 1. The molecule has 1 aliphatic carbocycles. The number of amides is 1. The van der Waals surface area contributed by atoms with Gasteiger partial charge in [0.2, 0.25) is 0 Å². The van der Waals surface area contributed by atoms with Gasteiger partial charge in [0.1, 0.15) is 5.69 Å². The van der Waals surface area contributed by atoms with Crippen molar-refractivity contribution in [1.29, 1.82) is 0 Å².